The first-order valence-corrected chi connectivity index (χ1v) is 7.07. The quantitative estimate of drug-likeness (QED) is 0.664. The molecule has 8 nitrogen and oxygen atoms in total. The molecule has 2 aromatic carbocycles. The van der Waals surface area contributed by atoms with Gasteiger partial charge < -0.3 is 15.4 Å². The highest BCUT2D eigenvalue weighted by atomic mass is 16.6. The van der Waals surface area contributed by atoms with Gasteiger partial charge in [-0.1, -0.05) is 0 Å². The van der Waals surface area contributed by atoms with Crippen LogP contribution in [0.1, 0.15) is 15.9 Å². The standard InChI is InChI=1S/C16H13N3O5/c1-9-6-10(2-4-13(9)19(22)23)16(21)17-11-3-5-14-12(7-11)18-15(20)8-24-14/h2-7H,8H2,1H3,(H,17,21)(H,18,20). The Morgan fingerprint density at radius 2 is 2.08 bits per heavy atom. The number of ether oxygens (including phenoxy) is 1. The van der Waals surface area contributed by atoms with Gasteiger partial charge in [0.05, 0.1) is 10.6 Å². The molecule has 2 aromatic rings. The summed E-state index contributed by atoms with van der Waals surface area (Å²) in [6.45, 7) is 1.53. The Labute approximate surface area is 136 Å². The molecular weight excluding hydrogens is 314 g/mol. The Morgan fingerprint density at radius 1 is 1.29 bits per heavy atom. The smallest absolute Gasteiger partial charge is 0.272 e. The maximum absolute atomic E-state index is 12.3. The average Bonchev–Trinajstić information content (AvgIpc) is 2.54. The molecule has 0 aliphatic carbocycles. The predicted molar refractivity (Wildman–Crippen MR) is 86.4 cm³/mol. The van der Waals surface area contributed by atoms with Crippen molar-refractivity contribution in [1.29, 1.82) is 0 Å². The number of fused-ring (bicyclic) bond motifs is 1. The Kier molecular flexibility index (Phi) is 3.87. The van der Waals surface area contributed by atoms with Gasteiger partial charge in [-0.3, -0.25) is 19.7 Å². The second-order valence-electron chi connectivity index (χ2n) is 5.26. The molecule has 0 saturated carbocycles. The number of anilines is 2. The lowest BCUT2D eigenvalue weighted by molar-refractivity contribution is -0.385. The molecule has 8 heteroatoms. The van der Waals surface area contributed by atoms with E-state index in [2.05, 4.69) is 10.6 Å². The maximum Gasteiger partial charge on any atom is 0.272 e. The number of hydrogen-bond acceptors (Lipinski definition) is 5. The van der Waals surface area contributed by atoms with Crippen LogP contribution in [-0.4, -0.2) is 23.3 Å². The number of carbonyl (C=O) groups excluding carboxylic acids is 2. The van der Waals surface area contributed by atoms with Gasteiger partial charge in [0, 0.05) is 22.9 Å². The van der Waals surface area contributed by atoms with Crippen LogP contribution in [0.5, 0.6) is 5.75 Å². The van der Waals surface area contributed by atoms with Crippen LogP contribution in [0.2, 0.25) is 0 Å². The van der Waals surface area contributed by atoms with E-state index >= 15 is 0 Å². The van der Waals surface area contributed by atoms with Crippen molar-refractivity contribution < 1.29 is 19.2 Å². The van der Waals surface area contributed by atoms with Gasteiger partial charge in [0.2, 0.25) is 0 Å². The van der Waals surface area contributed by atoms with Crippen molar-refractivity contribution in [3.63, 3.8) is 0 Å². The summed E-state index contributed by atoms with van der Waals surface area (Å²) in [5.74, 6) is -0.147. The van der Waals surface area contributed by atoms with E-state index in [0.717, 1.165) is 0 Å². The van der Waals surface area contributed by atoms with Crippen LogP contribution < -0.4 is 15.4 Å². The molecule has 1 heterocycles. The second kappa shape index (κ2) is 5.99. The summed E-state index contributed by atoms with van der Waals surface area (Å²) in [5.41, 5.74) is 1.61. The number of nitrogens with zero attached hydrogens (tertiary/aromatic N) is 1. The van der Waals surface area contributed by atoms with Gasteiger partial charge in [0.1, 0.15) is 5.75 Å². The molecule has 1 aliphatic heterocycles. The highest BCUT2D eigenvalue weighted by Gasteiger charge is 2.17. The molecule has 0 saturated heterocycles. The molecule has 0 bridgehead atoms. The Hall–Kier alpha value is -3.42. The molecule has 0 aromatic heterocycles. The van der Waals surface area contributed by atoms with Gasteiger partial charge >= 0.3 is 0 Å². The molecule has 2 amide bonds. The lowest BCUT2D eigenvalue weighted by Crippen LogP contribution is -2.25. The van der Waals surface area contributed by atoms with Gasteiger partial charge in [0.25, 0.3) is 17.5 Å². The highest BCUT2D eigenvalue weighted by Crippen LogP contribution is 2.30. The first kappa shape index (κ1) is 15.5. The minimum atomic E-state index is -0.497. The molecule has 3 rings (SSSR count). The van der Waals surface area contributed by atoms with Crippen molar-refractivity contribution in [1.82, 2.24) is 0 Å². The molecule has 24 heavy (non-hydrogen) atoms. The minimum Gasteiger partial charge on any atom is -0.482 e. The first-order chi connectivity index (χ1) is 11.4. The van der Waals surface area contributed by atoms with E-state index in [4.69, 9.17) is 4.74 Å². The topological polar surface area (TPSA) is 111 Å². The molecule has 0 unspecified atom stereocenters. The fraction of sp³-hybridized carbons (Fsp3) is 0.125. The zero-order valence-corrected chi connectivity index (χ0v) is 12.7. The normalized spacial score (nSPS) is 12.6. The van der Waals surface area contributed by atoms with Crippen LogP contribution in [0, 0.1) is 17.0 Å². The number of nitro groups is 1. The molecule has 0 radical (unpaired) electrons. The third-order valence-corrected chi connectivity index (χ3v) is 3.53. The molecule has 0 atom stereocenters. The van der Waals surface area contributed by atoms with Gasteiger partial charge in [0.15, 0.2) is 6.61 Å². The monoisotopic (exact) mass is 327 g/mol. The summed E-state index contributed by atoms with van der Waals surface area (Å²) in [7, 11) is 0. The zero-order valence-electron chi connectivity index (χ0n) is 12.7. The number of amides is 2. The van der Waals surface area contributed by atoms with Gasteiger partial charge in [-0.15, -0.1) is 0 Å². The average molecular weight is 327 g/mol. The van der Waals surface area contributed by atoms with Crippen LogP contribution in [0.4, 0.5) is 17.1 Å². The Balaban J connectivity index is 1.80. The number of rotatable bonds is 3. The van der Waals surface area contributed by atoms with Crippen molar-refractivity contribution in [2.45, 2.75) is 6.92 Å². The predicted octanol–water partition coefficient (Wildman–Crippen LogP) is 2.49. The van der Waals surface area contributed by atoms with E-state index < -0.39 is 10.8 Å². The van der Waals surface area contributed by atoms with E-state index in [-0.39, 0.29) is 18.2 Å². The van der Waals surface area contributed by atoms with Crippen molar-refractivity contribution in [2.75, 3.05) is 17.2 Å². The maximum atomic E-state index is 12.3. The van der Waals surface area contributed by atoms with Crippen LogP contribution in [-0.2, 0) is 4.79 Å². The number of nitro benzene ring substituents is 1. The van der Waals surface area contributed by atoms with Crippen molar-refractivity contribution >= 4 is 28.9 Å². The number of nitrogens with one attached hydrogen (secondary N) is 2. The van der Waals surface area contributed by atoms with Crippen molar-refractivity contribution in [3.05, 3.63) is 57.6 Å². The summed E-state index contributed by atoms with van der Waals surface area (Å²) in [6, 6.07) is 9.02. The number of aryl methyl sites for hydroxylation is 1. The third-order valence-electron chi connectivity index (χ3n) is 3.53. The van der Waals surface area contributed by atoms with E-state index in [1.807, 2.05) is 0 Å². The van der Waals surface area contributed by atoms with Crippen LogP contribution in [0.15, 0.2) is 36.4 Å². The summed E-state index contributed by atoms with van der Waals surface area (Å²) < 4.78 is 5.24. The van der Waals surface area contributed by atoms with Gasteiger partial charge in [-0.25, -0.2) is 0 Å². The summed E-state index contributed by atoms with van der Waals surface area (Å²) in [5, 5.41) is 16.2. The van der Waals surface area contributed by atoms with Crippen molar-refractivity contribution in [2.24, 2.45) is 0 Å². The van der Waals surface area contributed by atoms with Gasteiger partial charge in [-0.2, -0.15) is 0 Å². The molecule has 2 N–H and O–H groups in total. The summed E-state index contributed by atoms with van der Waals surface area (Å²) in [4.78, 5) is 33.9. The highest BCUT2D eigenvalue weighted by molar-refractivity contribution is 6.05. The second-order valence-corrected chi connectivity index (χ2v) is 5.26. The lowest BCUT2D eigenvalue weighted by atomic mass is 10.1. The molecule has 0 fully saturated rings. The van der Waals surface area contributed by atoms with E-state index in [1.54, 1.807) is 25.1 Å². The fourth-order valence-electron chi connectivity index (χ4n) is 2.37. The van der Waals surface area contributed by atoms with Crippen LogP contribution in [0.25, 0.3) is 0 Å². The number of benzene rings is 2. The van der Waals surface area contributed by atoms with Gasteiger partial charge in [-0.05, 0) is 37.3 Å². The van der Waals surface area contributed by atoms with Crippen LogP contribution >= 0.6 is 0 Å². The van der Waals surface area contributed by atoms with E-state index in [0.29, 0.717) is 28.3 Å². The zero-order chi connectivity index (χ0) is 17.3. The molecular formula is C16H13N3O5. The van der Waals surface area contributed by atoms with Crippen LogP contribution in [0.3, 0.4) is 0 Å². The van der Waals surface area contributed by atoms with E-state index in [1.165, 1.54) is 18.2 Å². The molecule has 122 valence electrons. The van der Waals surface area contributed by atoms with E-state index in [9.17, 15) is 19.7 Å². The molecule has 1 aliphatic rings. The summed E-state index contributed by atoms with van der Waals surface area (Å²) in [6.07, 6.45) is 0. The molecule has 0 spiro atoms. The minimum absolute atomic E-state index is 0.0409. The largest absolute Gasteiger partial charge is 0.482 e. The third kappa shape index (κ3) is 3.02. The number of hydrogen-bond donors (Lipinski definition) is 2. The number of carbonyl (C=O) groups is 2. The summed E-state index contributed by atoms with van der Waals surface area (Å²) >= 11 is 0. The Morgan fingerprint density at radius 3 is 2.79 bits per heavy atom. The lowest BCUT2D eigenvalue weighted by Gasteiger charge is -2.18. The fourth-order valence-corrected chi connectivity index (χ4v) is 2.37. The van der Waals surface area contributed by atoms with Crippen molar-refractivity contribution in [3.8, 4) is 5.75 Å². The first-order valence-electron chi connectivity index (χ1n) is 7.07. The Bertz CT molecular complexity index is 863. The SMILES string of the molecule is Cc1cc(C(=O)Nc2ccc3c(c2)NC(=O)CO3)ccc1[N+](=O)[O-].